The molecule has 0 heterocycles. The number of hydrogen-bond donors (Lipinski definition) is 2. The minimum atomic E-state index is -0.441. The van der Waals surface area contributed by atoms with Crippen LogP contribution in [0.2, 0.25) is 0 Å². The highest BCUT2D eigenvalue weighted by Gasteiger charge is 2.16. The van der Waals surface area contributed by atoms with Crippen molar-refractivity contribution >= 4 is 6.09 Å². The zero-order valence-electron chi connectivity index (χ0n) is 10.8. The van der Waals surface area contributed by atoms with E-state index in [0.29, 0.717) is 6.54 Å². The molecule has 16 heavy (non-hydrogen) atoms. The van der Waals surface area contributed by atoms with Gasteiger partial charge in [0.05, 0.1) is 0 Å². The first kappa shape index (κ1) is 15.0. The van der Waals surface area contributed by atoms with E-state index in [1.165, 1.54) is 0 Å². The van der Waals surface area contributed by atoms with Crippen LogP contribution >= 0.6 is 0 Å². The Labute approximate surface area is 98.4 Å². The Balaban J connectivity index is 3.62. The van der Waals surface area contributed by atoms with Gasteiger partial charge in [0.15, 0.2) is 0 Å². The van der Waals surface area contributed by atoms with Gasteiger partial charge in [-0.05, 0) is 40.7 Å². The van der Waals surface area contributed by atoms with Crippen LogP contribution in [0.3, 0.4) is 0 Å². The standard InChI is InChI=1S/C12H24N2O2/c1-6-7-8-13-10(2)9-14-11(15)16-12(3,4)5/h6,10,13H,1,7-9H2,2-5H3,(H,14,15). The van der Waals surface area contributed by atoms with Crippen molar-refractivity contribution in [2.75, 3.05) is 13.1 Å². The van der Waals surface area contributed by atoms with E-state index in [1.54, 1.807) is 0 Å². The second-order valence-electron chi connectivity index (χ2n) is 4.82. The SMILES string of the molecule is C=CCCNC(C)CNC(=O)OC(C)(C)C. The lowest BCUT2D eigenvalue weighted by Gasteiger charge is -2.21. The predicted octanol–water partition coefficient (Wildman–Crippen LogP) is 2.07. The first-order chi connectivity index (χ1) is 7.35. The minimum absolute atomic E-state index is 0.229. The van der Waals surface area contributed by atoms with Crippen molar-refractivity contribution in [2.45, 2.75) is 45.8 Å². The van der Waals surface area contributed by atoms with E-state index in [4.69, 9.17) is 4.74 Å². The summed E-state index contributed by atoms with van der Waals surface area (Å²) >= 11 is 0. The zero-order valence-corrected chi connectivity index (χ0v) is 10.8. The maximum Gasteiger partial charge on any atom is 0.407 e. The maximum absolute atomic E-state index is 11.3. The van der Waals surface area contributed by atoms with Crippen LogP contribution in [0.15, 0.2) is 12.7 Å². The van der Waals surface area contributed by atoms with Crippen LogP contribution in [-0.4, -0.2) is 30.8 Å². The van der Waals surface area contributed by atoms with Crippen LogP contribution in [0.1, 0.15) is 34.1 Å². The molecule has 0 rings (SSSR count). The molecule has 0 aliphatic carbocycles. The van der Waals surface area contributed by atoms with Gasteiger partial charge in [-0.1, -0.05) is 6.08 Å². The first-order valence-electron chi connectivity index (χ1n) is 5.66. The molecule has 0 saturated heterocycles. The number of carbonyl (C=O) groups excluding carboxylic acids is 1. The third-order valence-electron chi connectivity index (χ3n) is 1.79. The average molecular weight is 228 g/mol. The molecule has 94 valence electrons. The summed E-state index contributed by atoms with van der Waals surface area (Å²) < 4.78 is 5.12. The molecule has 1 unspecified atom stereocenters. The Morgan fingerprint density at radius 3 is 2.62 bits per heavy atom. The molecule has 0 aromatic heterocycles. The monoisotopic (exact) mass is 228 g/mol. The molecule has 0 saturated carbocycles. The normalized spacial score (nSPS) is 13.0. The van der Waals surface area contributed by atoms with Crippen LogP contribution in [-0.2, 0) is 4.74 Å². The van der Waals surface area contributed by atoms with Gasteiger partial charge in [-0.3, -0.25) is 0 Å². The van der Waals surface area contributed by atoms with E-state index in [-0.39, 0.29) is 12.1 Å². The highest BCUT2D eigenvalue weighted by molar-refractivity contribution is 5.67. The number of ether oxygens (including phenoxy) is 1. The summed E-state index contributed by atoms with van der Waals surface area (Å²) in [7, 11) is 0. The predicted molar refractivity (Wildman–Crippen MR) is 66.5 cm³/mol. The van der Waals surface area contributed by atoms with Crippen molar-refractivity contribution in [3.05, 3.63) is 12.7 Å². The maximum atomic E-state index is 11.3. The number of carbonyl (C=O) groups is 1. The van der Waals surface area contributed by atoms with E-state index in [2.05, 4.69) is 17.2 Å². The molecule has 1 amide bonds. The lowest BCUT2D eigenvalue weighted by Crippen LogP contribution is -2.41. The molecular weight excluding hydrogens is 204 g/mol. The fraction of sp³-hybridized carbons (Fsp3) is 0.750. The second kappa shape index (κ2) is 7.28. The smallest absolute Gasteiger partial charge is 0.407 e. The van der Waals surface area contributed by atoms with Crippen molar-refractivity contribution in [3.63, 3.8) is 0 Å². The van der Waals surface area contributed by atoms with Gasteiger partial charge in [0, 0.05) is 12.6 Å². The quantitative estimate of drug-likeness (QED) is 0.540. The molecule has 0 radical (unpaired) electrons. The number of hydrogen-bond acceptors (Lipinski definition) is 3. The van der Waals surface area contributed by atoms with Crippen molar-refractivity contribution in [2.24, 2.45) is 0 Å². The van der Waals surface area contributed by atoms with E-state index in [0.717, 1.165) is 13.0 Å². The van der Waals surface area contributed by atoms with Gasteiger partial charge in [-0.15, -0.1) is 6.58 Å². The minimum Gasteiger partial charge on any atom is -0.444 e. The van der Waals surface area contributed by atoms with Crippen molar-refractivity contribution in [3.8, 4) is 0 Å². The Kier molecular flexibility index (Phi) is 6.81. The van der Waals surface area contributed by atoms with Crippen molar-refractivity contribution in [1.82, 2.24) is 10.6 Å². The third-order valence-corrected chi connectivity index (χ3v) is 1.79. The summed E-state index contributed by atoms with van der Waals surface area (Å²) in [4.78, 5) is 11.3. The number of nitrogens with one attached hydrogen (secondary N) is 2. The van der Waals surface area contributed by atoms with Gasteiger partial charge in [-0.25, -0.2) is 4.79 Å². The number of rotatable bonds is 6. The van der Waals surface area contributed by atoms with Crippen LogP contribution in [0.4, 0.5) is 4.79 Å². The van der Waals surface area contributed by atoms with Crippen molar-refractivity contribution in [1.29, 1.82) is 0 Å². The summed E-state index contributed by atoms with van der Waals surface area (Å²) in [6.45, 7) is 12.6. The first-order valence-corrected chi connectivity index (χ1v) is 5.66. The second-order valence-corrected chi connectivity index (χ2v) is 4.82. The van der Waals surface area contributed by atoms with Crippen LogP contribution in [0.25, 0.3) is 0 Å². The molecule has 0 spiro atoms. The Morgan fingerprint density at radius 2 is 2.12 bits per heavy atom. The molecule has 1 atom stereocenters. The summed E-state index contributed by atoms with van der Waals surface area (Å²) in [6.07, 6.45) is 2.42. The van der Waals surface area contributed by atoms with Gasteiger partial charge in [0.25, 0.3) is 0 Å². The summed E-state index contributed by atoms with van der Waals surface area (Å²) in [5.41, 5.74) is -0.441. The molecule has 0 aliphatic rings. The number of alkyl carbamates (subject to hydrolysis) is 1. The topological polar surface area (TPSA) is 50.4 Å². The third kappa shape index (κ3) is 9.52. The molecule has 0 aromatic carbocycles. The highest BCUT2D eigenvalue weighted by Crippen LogP contribution is 2.06. The average Bonchev–Trinajstić information content (AvgIpc) is 2.12. The molecule has 0 bridgehead atoms. The largest absolute Gasteiger partial charge is 0.444 e. The van der Waals surface area contributed by atoms with Gasteiger partial charge in [0.2, 0.25) is 0 Å². The van der Waals surface area contributed by atoms with E-state index in [9.17, 15) is 4.79 Å². The zero-order chi connectivity index (χ0) is 12.6. The summed E-state index contributed by atoms with van der Waals surface area (Å²) in [5, 5.41) is 5.98. The van der Waals surface area contributed by atoms with E-state index >= 15 is 0 Å². The fourth-order valence-electron chi connectivity index (χ4n) is 1.05. The molecular formula is C12H24N2O2. The van der Waals surface area contributed by atoms with Crippen LogP contribution < -0.4 is 10.6 Å². The van der Waals surface area contributed by atoms with Crippen LogP contribution in [0, 0.1) is 0 Å². The Bertz CT molecular complexity index is 222. The fourth-order valence-corrected chi connectivity index (χ4v) is 1.05. The molecule has 4 nitrogen and oxygen atoms in total. The summed E-state index contributed by atoms with van der Waals surface area (Å²) in [6, 6.07) is 0.229. The summed E-state index contributed by atoms with van der Waals surface area (Å²) in [5.74, 6) is 0. The van der Waals surface area contributed by atoms with E-state index in [1.807, 2.05) is 33.8 Å². The molecule has 2 N–H and O–H groups in total. The Hall–Kier alpha value is -1.03. The van der Waals surface area contributed by atoms with Crippen LogP contribution in [0.5, 0.6) is 0 Å². The van der Waals surface area contributed by atoms with E-state index < -0.39 is 5.60 Å². The Morgan fingerprint density at radius 1 is 1.50 bits per heavy atom. The van der Waals surface area contributed by atoms with Crippen molar-refractivity contribution < 1.29 is 9.53 Å². The van der Waals surface area contributed by atoms with Gasteiger partial charge < -0.3 is 15.4 Å². The highest BCUT2D eigenvalue weighted by atomic mass is 16.6. The van der Waals surface area contributed by atoms with Gasteiger partial charge >= 0.3 is 6.09 Å². The molecule has 4 heteroatoms. The van der Waals surface area contributed by atoms with Gasteiger partial charge in [-0.2, -0.15) is 0 Å². The lowest BCUT2D eigenvalue weighted by atomic mass is 10.2. The van der Waals surface area contributed by atoms with Gasteiger partial charge in [0.1, 0.15) is 5.60 Å². The molecule has 0 aromatic rings. The number of amides is 1. The molecule has 0 aliphatic heterocycles. The lowest BCUT2D eigenvalue weighted by molar-refractivity contribution is 0.0523. The molecule has 0 fully saturated rings.